The molecule has 128 valence electrons. The first-order valence-corrected chi connectivity index (χ1v) is 7.97. The molecular weight excluding hydrogens is 330 g/mol. The van der Waals surface area contributed by atoms with Crippen LogP contribution in [0.3, 0.4) is 0 Å². The smallest absolute Gasteiger partial charge is 0.258 e. The SMILES string of the molecule is Cc1nnnn1-c1cccc(NC(=O)c2cnn(-c3ccccc3)c2)c1. The minimum atomic E-state index is -0.238. The van der Waals surface area contributed by atoms with E-state index in [1.54, 1.807) is 15.6 Å². The van der Waals surface area contributed by atoms with Crippen molar-refractivity contribution in [1.82, 2.24) is 30.0 Å². The molecule has 4 aromatic rings. The molecule has 4 rings (SSSR count). The number of hydrogen-bond donors (Lipinski definition) is 1. The summed E-state index contributed by atoms with van der Waals surface area (Å²) in [7, 11) is 0. The Morgan fingerprint density at radius 3 is 2.62 bits per heavy atom. The van der Waals surface area contributed by atoms with Gasteiger partial charge in [-0.1, -0.05) is 24.3 Å². The highest BCUT2D eigenvalue weighted by molar-refractivity contribution is 6.04. The molecular formula is C18H15N7O. The van der Waals surface area contributed by atoms with E-state index in [0.29, 0.717) is 17.1 Å². The molecule has 2 aromatic heterocycles. The van der Waals surface area contributed by atoms with Crippen molar-refractivity contribution in [1.29, 1.82) is 0 Å². The van der Waals surface area contributed by atoms with Crippen LogP contribution in [0.1, 0.15) is 16.2 Å². The van der Waals surface area contributed by atoms with Crippen molar-refractivity contribution >= 4 is 11.6 Å². The molecule has 0 fully saturated rings. The summed E-state index contributed by atoms with van der Waals surface area (Å²) < 4.78 is 3.26. The lowest BCUT2D eigenvalue weighted by molar-refractivity contribution is 0.102. The van der Waals surface area contributed by atoms with Gasteiger partial charge in [-0.2, -0.15) is 9.78 Å². The van der Waals surface area contributed by atoms with E-state index in [9.17, 15) is 4.79 Å². The number of aryl methyl sites for hydroxylation is 1. The fourth-order valence-corrected chi connectivity index (χ4v) is 2.55. The normalized spacial score (nSPS) is 10.7. The van der Waals surface area contributed by atoms with Gasteiger partial charge in [-0.15, -0.1) is 5.10 Å². The number of carbonyl (C=O) groups is 1. The Bertz CT molecular complexity index is 1050. The lowest BCUT2D eigenvalue weighted by Crippen LogP contribution is -2.11. The summed E-state index contributed by atoms with van der Waals surface area (Å²) in [5, 5.41) is 18.5. The standard InChI is InChI=1S/C18H15N7O/c1-13-21-22-23-25(13)17-9-5-6-15(10-17)20-18(26)14-11-19-24(12-14)16-7-3-2-4-8-16/h2-12H,1H3,(H,20,26). The average molecular weight is 345 g/mol. The number of para-hydroxylation sites is 1. The molecule has 0 spiro atoms. The second-order valence-corrected chi connectivity index (χ2v) is 5.65. The van der Waals surface area contributed by atoms with Crippen LogP contribution in [0.5, 0.6) is 0 Å². The molecule has 26 heavy (non-hydrogen) atoms. The summed E-state index contributed by atoms with van der Waals surface area (Å²) in [5.41, 5.74) is 2.78. The first kappa shape index (κ1) is 15.7. The molecule has 0 radical (unpaired) electrons. The van der Waals surface area contributed by atoms with Crippen LogP contribution in [0.15, 0.2) is 67.0 Å². The second-order valence-electron chi connectivity index (χ2n) is 5.65. The molecule has 0 saturated heterocycles. The monoisotopic (exact) mass is 345 g/mol. The molecule has 0 saturated carbocycles. The highest BCUT2D eigenvalue weighted by Crippen LogP contribution is 2.16. The maximum Gasteiger partial charge on any atom is 0.258 e. The minimum Gasteiger partial charge on any atom is -0.322 e. The van der Waals surface area contributed by atoms with Gasteiger partial charge in [0.15, 0.2) is 5.82 Å². The summed E-state index contributed by atoms with van der Waals surface area (Å²) >= 11 is 0. The van der Waals surface area contributed by atoms with E-state index in [1.165, 1.54) is 6.20 Å². The van der Waals surface area contributed by atoms with Crippen molar-refractivity contribution < 1.29 is 4.79 Å². The van der Waals surface area contributed by atoms with Gasteiger partial charge in [0.05, 0.1) is 23.1 Å². The Labute approximate surface area is 149 Å². The molecule has 0 atom stereocenters. The van der Waals surface area contributed by atoms with Crippen LogP contribution in [0.25, 0.3) is 11.4 Å². The fraction of sp³-hybridized carbons (Fsp3) is 0.0556. The third kappa shape index (κ3) is 3.07. The van der Waals surface area contributed by atoms with E-state index >= 15 is 0 Å². The average Bonchev–Trinajstić information content (AvgIpc) is 3.32. The van der Waals surface area contributed by atoms with Gasteiger partial charge in [-0.25, -0.2) is 4.68 Å². The number of rotatable bonds is 4. The molecule has 1 N–H and O–H groups in total. The third-order valence-electron chi connectivity index (χ3n) is 3.84. The van der Waals surface area contributed by atoms with Gasteiger partial charge in [-0.05, 0) is 47.7 Å². The first-order chi connectivity index (χ1) is 12.7. The number of amides is 1. The predicted octanol–water partition coefficient (Wildman–Crippen LogP) is 2.41. The van der Waals surface area contributed by atoms with Crippen molar-refractivity contribution in [3.05, 3.63) is 78.4 Å². The molecule has 0 bridgehead atoms. The lowest BCUT2D eigenvalue weighted by atomic mass is 10.2. The van der Waals surface area contributed by atoms with Gasteiger partial charge in [0.1, 0.15) is 0 Å². The van der Waals surface area contributed by atoms with Crippen molar-refractivity contribution in [2.45, 2.75) is 6.92 Å². The predicted molar refractivity (Wildman–Crippen MR) is 95.4 cm³/mol. The van der Waals surface area contributed by atoms with E-state index in [2.05, 4.69) is 25.9 Å². The Hall–Kier alpha value is -3.81. The van der Waals surface area contributed by atoms with Crippen LogP contribution >= 0.6 is 0 Å². The van der Waals surface area contributed by atoms with Gasteiger partial charge < -0.3 is 5.32 Å². The number of hydrogen-bond acceptors (Lipinski definition) is 5. The number of aromatic nitrogens is 6. The molecule has 0 aliphatic carbocycles. The quantitative estimate of drug-likeness (QED) is 0.613. The van der Waals surface area contributed by atoms with E-state index in [4.69, 9.17) is 0 Å². The number of nitrogens with one attached hydrogen (secondary N) is 1. The van der Waals surface area contributed by atoms with Crippen LogP contribution in [0, 0.1) is 6.92 Å². The lowest BCUT2D eigenvalue weighted by Gasteiger charge is -2.07. The van der Waals surface area contributed by atoms with Crippen molar-refractivity contribution in [2.75, 3.05) is 5.32 Å². The van der Waals surface area contributed by atoms with Gasteiger partial charge in [0.2, 0.25) is 0 Å². The van der Waals surface area contributed by atoms with E-state index in [-0.39, 0.29) is 5.91 Å². The number of anilines is 1. The Morgan fingerprint density at radius 1 is 1.04 bits per heavy atom. The number of tetrazole rings is 1. The zero-order valence-electron chi connectivity index (χ0n) is 13.9. The highest BCUT2D eigenvalue weighted by atomic mass is 16.1. The molecule has 8 nitrogen and oxygen atoms in total. The summed E-state index contributed by atoms with van der Waals surface area (Å²) in [6.45, 7) is 1.81. The van der Waals surface area contributed by atoms with Crippen LogP contribution < -0.4 is 5.32 Å². The zero-order chi connectivity index (χ0) is 17.9. The zero-order valence-corrected chi connectivity index (χ0v) is 13.9. The minimum absolute atomic E-state index is 0.238. The molecule has 8 heteroatoms. The van der Waals surface area contributed by atoms with Crippen LogP contribution in [0.4, 0.5) is 5.69 Å². The topological polar surface area (TPSA) is 90.5 Å². The molecule has 2 aromatic carbocycles. The van der Waals surface area contributed by atoms with Crippen LogP contribution in [-0.4, -0.2) is 35.9 Å². The van der Waals surface area contributed by atoms with Gasteiger partial charge in [0, 0.05) is 11.9 Å². The third-order valence-corrected chi connectivity index (χ3v) is 3.84. The van der Waals surface area contributed by atoms with Crippen LogP contribution in [-0.2, 0) is 0 Å². The second kappa shape index (κ2) is 6.60. The van der Waals surface area contributed by atoms with Crippen molar-refractivity contribution in [2.24, 2.45) is 0 Å². The van der Waals surface area contributed by atoms with Crippen molar-refractivity contribution in [3.63, 3.8) is 0 Å². The van der Waals surface area contributed by atoms with Gasteiger partial charge >= 0.3 is 0 Å². The van der Waals surface area contributed by atoms with E-state index in [1.807, 2.05) is 61.5 Å². The Morgan fingerprint density at radius 2 is 1.85 bits per heavy atom. The highest BCUT2D eigenvalue weighted by Gasteiger charge is 2.11. The summed E-state index contributed by atoms with van der Waals surface area (Å²) in [5.74, 6) is 0.426. The number of benzene rings is 2. The van der Waals surface area contributed by atoms with Gasteiger partial charge in [-0.3, -0.25) is 4.79 Å². The van der Waals surface area contributed by atoms with Crippen molar-refractivity contribution in [3.8, 4) is 11.4 Å². The number of carbonyl (C=O) groups excluding carboxylic acids is 1. The molecule has 0 unspecified atom stereocenters. The Kier molecular flexibility index (Phi) is 3.98. The number of nitrogens with zero attached hydrogens (tertiary/aromatic N) is 6. The maximum atomic E-state index is 12.5. The Balaban J connectivity index is 1.54. The van der Waals surface area contributed by atoms with Crippen LogP contribution in [0.2, 0.25) is 0 Å². The van der Waals surface area contributed by atoms with E-state index in [0.717, 1.165) is 11.4 Å². The molecule has 0 aliphatic rings. The molecule has 1 amide bonds. The summed E-state index contributed by atoms with van der Waals surface area (Å²) in [6.07, 6.45) is 3.23. The maximum absolute atomic E-state index is 12.5. The first-order valence-electron chi connectivity index (χ1n) is 7.97. The summed E-state index contributed by atoms with van der Waals surface area (Å²) in [4.78, 5) is 12.5. The fourth-order valence-electron chi connectivity index (χ4n) is 2.55. The molecule has 0 aliphatic heterocycles. The largest absolute Gasteiger partial charge is 0.322 e. The molecule has 2 heterocycles. The van der Waals surface area contributed by atoms with E-state index < -0.39 is 0 Å². The summed E-state index contributed by atoms with van der Waals surface area (Å²) in [6, 6.07) is 16.9. The van der Waals surface area contributed by atoms with Gasteiger partial charge in [0.25, 0.3) is 5.91 Å².